The number of piperidine rings is 1. The molecule has 1 amide bonds. The summed E-state index contributed by atoms with van der Waals surface area (Å²) in [6.45, 7) is 1.85. The van der Waals surface area contributed by atoms with Gasteiger partial charge in [0.05, 0.1) is 0 Å². The van der Waals surface area contributed by atoms with Gasteiger partial charge in [0.2, 0.25) is 5.91 Å². The summed E-state index contributed by atoms with van der Waals surface area (Å²) in [4.78, 5) is 15.8. The summed E-state index contributed by atoms with van der Waals surface area (Å²) in [5.41, 5.74) is 0.663. The summed E-state index contributed by atoms with van der Waals surface area (Å²) >= 11 is 0. The molecule has 1 atom stereocenters. The van der Waals surface area contributed by atoms with Gasteiger partial charge < -0.3 is 15.1 Å². The highest BCUT2D eigenvalue weighted by atomic mass is 19.4. The Kier molecular flexibility index (Phi) is 3.35. The Bertz CT molecular complexity index is 793. The average molecular weight is 339 g/mol. The summed E-state index contributed by atoms with van der Waals surface area (Å²) < 4.78 is 42.6. The molecule has 2 N–H and O–H groups in total. The number of anilines is 1. The maximum Gasteiger partial charge on any atom is 0.468 e. The van der Waals surface area contributed by atoms with Crippen LogP contribution in [0.3, 0.4) is 0 Å². The summed E-state index contributed by atoms with van der Waals surface area (Å²) in [7, 11) is 0. The number of benzene rings is 1. The number of nitrogens with one attached hydrogen (secondary N) is 2. The fourth-order valence-corrected chi connectivity index (χ4v) is 3.55. The topological polar surface area (TPSA) is 67.2 Å². The van der Waals surface area contributed by atoms with Crippen LogP contribution in [-0.2, 0) is 11.0 Å². The number of hydrogen-bond acceptors (Lipinski definition) is 4. The quantitative estimate of drug-likeness (QED) is 0.882. The lowest BCUT2D eigenvalue weighted by Crippen LogP contribution is -2.31. The molecule has 1 aliphatic heterocycles. The molecule has 2 heterocycles. The number of oxazole rings is 1. The first-order chi connectivity index (χ1) is 11.4. The molecule has 8 heteroatoms. The summed E-state index contributed by atoms with van der Waals surface area (Å²) in [6.07, 6.45) is -1.77. The summed E-state index contributed by atoms with van der Waals surface area (Å²) in [6, 6.07) is 4.33. The van der Waals surface area contributed by atoms with Gasteiger partial charge in [-0.1, -0.05) is 0 Å². The number of carbonyl (C=O) groups excluding carboxylic acids is 1. The third kappa shape index (κ3) is 2.64. The lowest BCUT2D eigenvalue weighted by atomic mass is 9.92. The molecular formula is C16H16F3N3O2. The van der Waals surface area contributed by atoms with Gasteiger partial charge in [0.15, 0.2) is 5.58 Å². The summed E-state index contributed by atoms with van der Waals surface area (Å²) in [5, 5.41) is 6.08. The second-order valence-electron chi connectivity index (χ2n) is 6.56. The largest absolute Gasteiger partial charge is 0.468 e. The molecule has 1 aromatic carbocycles. The monoisotopic (exact) mass is 339 g/mol. The van der Waals surface area contributed by atoms with Gasteiger partial charge >= 0.3 is 12.1 Å². The van der Waals surface area contributed by atoms with E-state index >= 15 is 0 Å². The van der Waals surface area contributed by atoms with Gasteiger partial charge in [0.1, 0.15) is 5.52 Å². The van der Waals surface area contributed by atoms with Crippen molar-refractivity contribution in [3.8, 4) is 0 Å². The fourth-order valence-electron chi connectivity index (χ4n) is 3.55. The van der Waals surface area contributed by atoms with E-state index in [1.165, 1.54) is 18.2 Å². The number of carbonyl (C=O) groups is 1. The number of amides is 1. The van der Waals surface area contributed by atoms with Crippen LogP contribution < -0.4 is 10.6 Å². The fraction of sp³-hybridized carbons (Fsp3) is 0.500. The van der Waals surface area contributed by atoms with Crippen LogP contribution in [0.15, 0.2) is 22.6 Å². The molecular weight excluding hydrogens is 323 g/mol. The van der Waals surface area contributed by atoms with Gasteiger partial charge in [0.25, 0.3) is 0 Å². The SMILES string of the molecule is O=C(Nc1ccc2oc(C(F)(F)F)nc2c1)C1CC12CCNCC2. The van der Waals surface area contributed by atoms with Crippen LogP contribution >= 0.6 is 0 Å². The molecule has 4 rings (SSSR count). The maximum atomic E-state index is 12.6. The highest BCUT2D eigenvalue weighted by Gasteiger charge is 2.57. The molecule has 1 aliphatic carbocycles. The Hall–Kier alpha value is -2.09. The molecule has 5 nitrogen and oxygen atoms in total. The van der Waals surface area contributed by atoms with Crippen molar-refractivity contribution < 1.29 is 22.4 Å². The third-order valence-electron chi connectivity index (χ3n) is 5.00. The number of halogens is 3. The van der Waals surface area contributed by atoms with Gasteiger partial charge in [-0.2, -0.15) is 13.2 Å². The predicted molar refractivity (Wildman–Crippen MR) is 80.3 cm³/mol. The minimum absolute atomic E-state index is 0.0154. The Morgan fingerprint density at radius 2 is 2.08 bits per heavy atom. The first-order valence-electron chi connectivity index (χ1n) is 7.87. The van der Waals surface area contributed by atoms with E-state index in [1.54, 1.807) is 0 Å². The van der Waals surface area contributed by atoms with E-state index in [0.29, 0.717) is 5.69 Å². The molecule has 2 aliphatic rings. The van der Waals surface area contributed by atoms with Crippen LogP contribution in [0.1, 0.15) is 25.2 Å². The molecule has 0 bridgehead atoms. The number of nitrogens with zero attached hydrogens (tertiary/aromatic N) is 1. The number of fused-ring (bicyclic) bond motifs is 1. The molecule has 2 fully saturated rings. The first-order valence-corrected chi connectivity index (χ1v) is 7.87. The smallest absolute Gasteiger partial charge is 0.433 e. The zero-order chi connectivity index (χ0) is 16.9. The molecule has 1 unspecified atom stereocenters. The van der Waals surface area contributed by atoms with Crippen molar-refractivity contribution in [3.05, 3.63) is 24.1 Å². The van der Waals surface area contributed by atoms with Crippen LogP contribution in [0, 0.1) is 11.3 Å². The molecule has 1 saturated carbocycles. The van der Waals surface area contributed by atoms with Gasteiger partial charge in [-0.3, -0.25) is 4.79 Å². The van der Waals surface area contributed by atoms with Crippen LogP contribution in [0.5, 0.6) is 0 Å². The average Bonchev–Trinajstić information content (AvgIpc) is 3.04. The highest BCUT2D eigenvalue weighted by molar-refractivity contribution is 5.96. The van der Waals surface area contributed by atoms with Crippen LogP contribution in [-0.4, -0.2) is 24.0 Å². The van der Waals surface area contributed by atoms with Gasteiger partial charge in [-0.15, -0.1) is 0 Å². The van der Waals surface area contributed by atoms with E-state index in [-0.39, 0.29) is 28.3 Å². The summed E-state index contributed by atoms with van der Waals surface area (Å²) in [5.74, 6) is -1.37. The Morgan fingerprint density at radius 3 is 2.79 bits per heavy atom. The number of hydrogen-bond donors (Lipinski definition) is 2. The van der Waals surface area contributed by atoms with Crippen molar-refractivity contribution in [1.82, 2.24) is 10.3 Å². The molecule has 128 valence electrons. The zero-order valence-electron chi connectivity index (χ0n) is 12.7. The number of aromatic nitrogens is 1. The third-order valence-corrected chi connectivity index (χ3v) is 5.00. The van der Waals surface area contributed by atoms with Crippen LogP contribution in [0.4, 0.5) is 18.9 Å². The predicted octanol–water partition coefficient (Wildman–Crippen LogP) is 3.17. The van der Waals surface area contributed by atoms with E-state index in [2.05, 4.69) is 20.0 Å². The van der Waals surface area contributed by atoms with Gasteiger partial charge in [-0.05, 0) is 56.0 Å². The van der Waals surface area contributed by atoms with Crippen molar-refractivity contribution >= 4 is 22.7 Å². The van der Waals surface area contributed by atoms with Crippen LogP contribution in [0.2, 0.25) is 0 Å². The molecule has 0 radical (unpaired) electrons. The Labute approximate surface area is 135 Å². The molecule has 1 spiro atoms. The van der Waals surface area contributed by atoms with Crippen LogP contribution in [0.25, 0.3) is 11.1 Å². The Balaban J connectivity index is 1.49. The van der Waals surface area contributed by atoms with E-state index in [0.717, 1.165) is 32.4 Å². The van der Waals surface area contributed by atoms with Gasteiger partial charge in [0, 0.05) is 11.6 Å². The second-order valence-corrected chi connectivity index (χ2v) is 6.56. The van der Waals surface area contributed by atoms with Crippen molar-refractivity contribution in [1.29, 1.82) is 0 Å². The number of alkyl halides is 3. The number of rotatable bonds is 2. The first kappa shape index (κ1) is 15.4. The van der Waals surface area contributed by atoms with Crippen molar-refractivity contribution in [2.75, 3.05) is 18.4 Å². The van der Waals surface area contributed by atoms with Gasteiger partial charge in [-0.25, -0.2) is 4.98 Å². The second kappa shape index (κ2) is 5.20. The van der Waals surface area contributed by atoms with Crippen molar-refractivity contribution in [3.63, 3.8) is 0 Å². The van der Waals surface area contributed by atoms with E-state index in [1.807, 2.05) is 0 Å². The minimum atomic E-state index is -4.63. The molecule has 1 saturated heterocycles. The lowest BCUT2D eigenvalue weighted by Gasteiger charge is -2.23. The molecule has 1 aromatic heterocycles. The zero-order valence-corrected chi connectivity index (χ0v) is 12.7. The molecule has 24 heavy (non-hydrogen) atoms. The Morgan fingerprint density at radius 1 is 1.33 bits per heavy atom. The lowest BCUT2D eigenvalue weighted by molar-refractivity contribution is -0.156. The van der Waals surface area contributed by atoms with Crippen molar-refractivity contribution in [2.24, 2.45) is 11.3 Å². The van der Waals surface area contributed by atoms with E-state index in [4.69, 9.17) is 0 Å². The molecule has 2 aromatic rings. The highest BCUT2D eigenvalue weighted by Crippen LogP contribution is 2.58. The standard InChI is InChI=1S/C16H16F3N3O2/c17-16(18,19)14-22-11-7-9(1-2-12(11)24-14)21-13(23)10-8-15(10)3-5-20-6-4-15/h1-2,7,10,20H,3-6,8H2,(H,21,23). The van der Waals surface area contributed by atoms with Crippen molar-refractivity contribution in [2.45, 2.75) is 25.4 Å². The normalized spacial score (nSPS) is 22.7. The minimum Gasteiger partial charge on any atom is -0.433 e. The van der Waals surface area contributed by atoms with E-state index < -0.39 is 12.1 Å². The maximum absolute atomic E-state index is 12.6. The van der Waals surface area contributed by atoms with E-state index in [9.17, 15) is 18.0 Å².